The van der Waals surface area contributed by atoms with Crippen LogP contribution in [0, 0.1) is 0 Å². The smallest absolute Gasteiger partial charge is 0.278 e. The molecule has 192 valence electrons. The van der Waals surface area contributed by atoms with Gasteiger partial charge >= 0.3 is 0 Å². The highest BCUT2D eigenvalue weighted by molar-refractivity contribution is 6.30. The maximum absolute atomic E-state index is 13.3. The van der Waals surface area contributed by atoms with Crippen LogP contribution in [-0.2, 0) is 13.1 Å². The first-order valence-electron chi connectivity index (χ1n) is 12.3. The van der Waals surface area contributed by atoms with Gasteiger partial charge in [0.2, 0.25) is 11.5 Å². The molecule has 6 rings (SSSR count). The highest BCUT2D eigenvalue weighted by Crippen LogP contribution is 2.22. The molecule has 3 heterocycles. The quantitative estimate of drug-likeness (QED) is 0.284. The average molecular weight is 535 g/mol. The summed E-state index contributed by atoms with van der Waals surface area (Å²) >= 11 is 6.11. The summed E-state index contributed by atoms with van der Waals surface area (Å²) in [6.45, 7) is 0.960. The van der Waals surface area contributed by atoms with Crippen LogP contribution in [0.3, 0.4) is 0 Å². The molecular formula is C30H23ClN6O2. The number of H-pyrrole nitrogens is 1. The Morgan fingerprint density at radius 2 is 1.56 bits per heavy atom. The number of nitrogens with zero attached hydrogens (tertiary/aromatic N) is 5. The lowest BCUT2D eigenvalue weighted by atomic mass is 10.2. The Labute approximate surface area is 228 Å². The van der Waals surface area contributed by atoms with Crippen LogP contribution in [0.25, 0.3) is 11.2 Å². The second kappa shape index (κ2) is 10.8. The summed E-state index contributed by atoms with van der Waals surface area (Å²) in [6, 6.07) is 30.3. The maximum atomic E-state index is 13.3. The van der Waals surface area contributed by atoms with Crippen LogP contribution in [0.4, 0.5) is 5.69 Å². The van der Waals surface area contributed by atoms with Crippen molar-refractivity contribution in [1.29, 1.82) is 0 Å². The summed E-state index contributed by atoms with van der Waals surface area (Å²) < 4.78 is 9.54. The first-order valence-corrected chi connectivity index (χ1v) is 12.7. The lowest BCUT2D eigenvalue weighted by molar-refractivity contribution is 0.463. The molecule has 0 saturated carbocycles. The molecule has 3 aromatic heterocycles. The predicted octanol–water partition coefficient (Wildman–Crippen LogP) is 5.70. The van der Waals surface area contributed by atoms with E-state index in [2.05, 4.69) is 15.0 Å². The van der Waals surface area contributed by atoms with E-state index >= 15 is 0 Å². The molecule has 0 saturated heterocycles. The summed E-state index contributed by atoms with van der Waals surface area (Å²) in [7, 11) is 0. The van der Waals surface area contributed by atoms with E-state index in [1.165, 1.54) is 0 Å². The van der Waals surface area contributed by atoms with Gasteiger partial charge in [-0.1, -0.05) is 60.1 Å². The van der Waals surface area contributed by atoms with E-state index < -0.39 is 0 Å². The summed E-state index contributed by atoms with van der Waals surface area (Å²) in [4.78, 5) is 29.9. The fraction of sp³-hybridized carbons (Fsp3) is 0.0667. The zero-order valence-corrected chi connectivity index (χ0v) is 21.5. The minimum atomic E-state index is -0.264. The van der Waals surface area contributed by atoms with Gasteiger partial charge in [0, 0.05) is 23.8 Å². The van der Waals surface area contributed by atoms with Gasteiger partial charge in [-0.25, -0.2) is 15.0 Å². The number of imidazole rings is 1. The Kier molecular flexibility index (Phi) is 6.76. The van der Waals surface area contributed by atoms with Gasteiger partial charge in [-0.3, -0.25) is 14.3 Å². The number of fused-ring (bicyclic) bond motifs is 1. The topological polar surface area (TPSA) is 90.1 Å². The zero-order valence-electron chi connectivity index (χ0n) is 20.7. The van der Waals surface area contributed by atoms with Gasteiger partial charge in [-0.15, -0.1) is 0 Å². The number of hydrogen-bond donors (Lipinski definition) is 1. The van der Waals surface area contributed by atoms with Gasteiger partial charge < -0.3 is 9.30 Å². The first-order chi connectivity index (χ1) is 19.1. The molecule has 6 aromatic rings. The number of ether oxygens (including phenoxy) is 1. The van der Waals surface area contributed by atoms with E-state index in [0.717, 1.165) is 11.1 Å². The molecule has 0 amide bonds. The molecule has 39 heavy (non-hydrogen) atoms. The molecule has 8 nitrogen and oxygen atoms in total. The van der Waals surface area contributed by atoms with Crippen molar-refractivity contribution in [2.75, 3.05) is 0 Å². The van der Waals surface area contributed by atoms with Gasteiger partial charge in [0.15, 0.2) is 11.2 Å². The molecule has 1 N–H and O–H groups in total. The summed E-state index contributed by atoms with van der Waals surface area (Å²) in [5, 5.41) is 0.653. The number of rotatable bonds is 7. The van der Waals surface area contributed by atoms with Crippen LogP contribution < -0.4 is 15.9 Å². The number of nitrogens with one attached hydrogen (secondary N) is 1. The Morgan fingerprint density at radius 1 is 0.821 bits per heavy atom. The van der Waals surface area contributed by atoms with Gasteiger partial charge in [0.25, 0.3) is 5.56 Å². The Balaban J connectivity index is 1.42. The predicted molar refractivity (Wildman–Crippen MR) is 150 cm³/mol. The fourth-order valence-corrected chi connectivity index (χ4v) is 4.41. The van der Waals surface area contributed by atoms with Crippen molar-refractivity contribution in [2.24, 2.45) is 4.99 Å². The highest BCUT2D eigenvalue weighted by Gasteiger charge is 2.14. The van der Waals surface area contributed by atoms with Crippen molar-refractivity contribution in [3.63, 3.8) is 0 Å². The fourth-order valence-electron chi connectivity index (χ4n) is 4.28. The molecule has 0 aliphatic rings. The monoisotopic (exact) mass is 534 g/mol. The zero-order chi connectivity index (χ0) is 26.6. The average Bonchev–Trinajstić information content (AvgIpc) is 3.38. The third kappa shape index (κ3) is 5.51. The molecule has 3 aromatic carbocycles. The number of benzene rings is 3. The van der Waals surface area contributed by atoms with Crippen LogP contribution in [-0.4, -0.2) is 24.1 Å². The standard InChI is InChI=1S/C30H23ClN6O2/c31-23-11-9-22(10-12-23)19-37-28-27(36(20-33-28)18-21-6-2-1-3-7-21)29(38)35-30(37)34-24-13-15-25(16-14-24)39-26-8-4-5-17-32-26/h1-17,20H,18-19H2,(H,34,35,38). The molecule has 0 atom stereocenters. The molecule has 0 radical (unpaired) electrons. The van der Waals surface area contributed by atoms with Crippen LogP contribution in [0.1, 0.15) is 11.1 Å². The van der Waals surface area contributed by atoms with Crippen LogP contribution in [0.15, 0.2) is 119 Å². The molecule has 9 heteroatoms. The van der Waals surface area contributed by atoms with Crippen molar-refractivity contribution in [1.82, 2.24) is 24.1 Å². The number of aromatic amines is 1. The normalized spacial score (nSPS) is 11.7. The Bertz CT molecular complexity index is 1840. The van der Waals surface area contributed by atoms with Gasteiger partial charge in [-0.05, 0) is 53.6 Å². The molecule has 0 unspecified atom stereocenters. The molecular weight excluding hydrogens is 512 g/mol. The lowest BCUT2D eigenvalue weighted by Crippen LogP contribution is -2.32. The largest absolute Gasteiger partial charge is 0.439 e. The van der Waals surface area contributed by atoms with Crippen LogP contribution in [0.2, 0.25) is 5.02 Å². The maximum Gasteiger partial charge on any atom is 0.278 e. The number of halogens is 1. The highest BCUT2D eigenvalue weighted by atomic mass is 35.5. The van der Waals surface area contributed by atoms with E-state index in [-0.39, 0.29) is 5.56 Å². The van der Waals surface area contributed by atoms with E-state index in [9.17, 15) is 4.79 Å². The minimum Gasteiger partial charge on any atom is -0.439 e. The van der Waals surface area contributed by atoms with Crippen molar-refractivity contribution in [3.05, 3.63) is 142 Å². The SMILES string of the molecule is O=c1[nH]/c(=N\c2ccc(Oc3ccccn3)cc2)n(Cc2ccc(Cl)cc2)c2ncn(Cc3ccccc3)c12. The van der Waals surface area contributed by atoms with Crippen molar-refractivity contribution < 1.29 is 4.74 Å². The van der Waals surface area contributed by atoms with Crippen LogP contribution in [0.5, 0.6) is 11.6 Å². The third-order valence-electron chi connectivity index (χ3n) is 6.15. The Morgan fingerprint density at radius 3 is 2.31 bits per heavy atom. The van der Waals surface area contributed by atoms with Gasteiger partial charge in [0.05, 0.1) is 18.6 Å². The number of pyridine rings is 1. The van der Waals surface area contributed by atoms with E-state index in [1.807, 2.05) is 100 Å². The van der Waals surface area contributed by atoms with Gasteiger partial charge in [-0.2, -0.15) is 0 Å². The van der Waals surface area contributed by atoms with E-state index in [0.29, 0.717) is 52.2 Å². The third-order valence-corrected chi connectivity index (χ3v) is 6.40. The minimum absolute atomic E-state index is 0.264. The number of hydrogen-bond acceptors (Lipinski definition) is 5. The summed E-state index contributed by atoms with van der Waals surface area (Å²) in [5.41, 5.74) is 3.84. The molecule has 0 fully saturated rings. The first kappa shape index (κ1) is 24.4. The van der Waals surface area contributed by atoms with E-state index in [1.54, 1.807) is 18.6 Å². The molecule has 0 aliphatic heterocycles. The second-order valence-electron chi connectivity index (χ2n) is 8.90. The van der Waals surface area contributed by atoms with E-state index in [4.69, 9.17) is 21.3 Å². The second-order valence-corrected chi connectivity index (χ2v) is 9.33. The molecule has 0 spiro atoms. The van der Waals surface area contributed by atoms with Crippen molar-refractivity contribution in [3.8, 4) is 11.6 Å². The summed E-state index contributed by atoms with van der Waals surface area (Å²) in [5.74, 6) is 1.13. The molecule has 0 bridgehead atoms. The van der Waals surface area contributed by atoms with Crippen molar-refractivity contribution >= 4 is 28.5 Å². The van der Waals surface area contributed by atoms with Gasteiger partial charge in [0.1, 0.15) is 5.75 Å². The summed E-state index contributed by atoms with van der Waals surface area (Å²) in [6.07, 6.45) is 3.37. The molecule has 0 aliphatic carbocycles. The van der Waals surface area contributed by atoms with Crippen LogP contribution >= 0.6 is 11.6 Å². The van der Waals surface area contributed by atoms with Crippen molar-refractivity contribution in [2.45, 2.75) is 13.1 Å². The Hall–Kier alpha value is -4.95. The number of aromatic nitrogens is 5. The lowest BCUT2D eigenvalue weighted by Gasteiger charge is -2.11.